The van der Waals surface area contributed by atoms with Gasteiger partial charge in [-0.2, -0.15) is 0 Å². The van der Waals surface area contributed by atoms with Crippen LogP contribution in [0.5, 0.6) is 0 Å². The van der Waals surface area contributed by atoms with Crippen LogP contribution in [0.3, 0.4) is 0 Å². The van der Waals surface area contributed by atoms with Crippen LogP contribution in [0.25, 0.3) is 0 Å². The van der Waals surface area contributed by atoms with Crippen LogP contribution in [0.1, 0.15) is 48.0 Å². The standard InChI is InChI=1S/C14H20N2O3/c1-9-7-15-8-11(9)13(17)16-12-6-4-2-3-5-10(12)14(18)19/h7-8,10,12,15H,2-6H2,1H3,(H,16,17)(H,18,19)/t10-,12+/m1/s1. The largest absolute Gasteiger partial charge is 0.481 e. The van der Waals surface area contributed by atoms with E-state index in [0.29, 0.717) is 12.0 Å². The lowest BCUT2D eigenvalue weighted by molar-refractivity contribution is -0.142. The number of aliphatic carboxylic acids is 1. The molecule has 0 saturated heterocycles. The van der Waals surface area contributed by atoms with Gasteiger partial charge in [-0.3, -0.25) is 9.59 Å². The fourth-order valence-electron chi connectivity index (χ4n) is 2.71. The number of hydrogen-bond acceptors (Lipinski definition) is 2. The molecule has 104 valence electrons. The molecule has 3 N–H and O–H groups in total. The van der Waals surface area contributed by atoms with Gasteiger partial charge in [-0.1, -0.05) is 19.3 Å². The molecule has 0 radical (unpaired) electrons. The number of aryl methyl sites for hydroxylation is 1. The molecule has 1 amide bonds. The second kappa shape index (κ2) is 5.91. The number of carboxylic acid groups (broad SMARTS) is 1. The van der Waals surface area contributed by atoms with Crippen molar-refractivity contribution in [3.05, 3.63) is 23.5 Å². The number of carbonyl (C=O) groups is 2. The number of hydrogen-bond donors (Lipinski definition) is 3. The minimum absolute atomic E-state index is 0.183. The zero-order chi connectivity index (χ0) is 13.8. The van der Waals surface area contributed by atoms with Crippen molar-refractivity contribution in [3.63, 3.8) is 0 Å². The molecule has 1 aromatic rings. The molecule has 1 aliphatic carbocycles. The molecule has 1 fully saturated rings. The van der Waals surface area contributed by atoms with Gasteiger partial charge in [0.05, 0.1) is 11.5 Å². The first-order chi connectivity index (χ1) is 9.09. The Bertz CT molecular complexity index is 467. The van der Waals surface area contributed by atoms with Gasteiger partial charge in [-0.15, -0.1) is 0 Å². The van der Waals surface area contributed by atoms with Crippen molar-refractivity contribution < 1.29 is 14.7 Å². The Morgan fingerprint density at radius 3 is 2.63 bits per heavy atom. The van der Waals surface area contributed by atoms with E-state index in [1.165, 1.54) is 0 Å². The van der Waals surface area contributed by atoms with Crippen LogP contribution in [-0.4, -0.2) is 28.0 Å². The molecule has 0 bridgehead atoms. The van der Waals surface area contributed by atoms with Crippen molar-refractivity contribution in [2.24, 2.45) is 5.92 Å². The zero-order valence-corrected chi connectivity index (χ0v) is 11.1. The quantitative estimate of drug-likeness (QED) is 0.731. The highest BCUT2D eigenvalue weighted by molar-refractivity contribution is 5.95. The number of aromatic nitrogens is 1. The van der Waals surface area contributed by atoms with Gasteiger partial charge in [0.1, 0.15) is 0 Å². The van der Waals surface area contributed by atoms with Gasteiger partial charge in [-0.25, -0.2) is 0 Å². The predicted molar refractivity (Wildman–Crippen MR) is 71.0 cm³/mol. The summed E-state index contributed by atoms with van der Waals surface area (Å²) in [5.41, 5.74) is 1.46. The van der Waals surface area contributed by atoms with Gasteiger partial charge >= 0.3 is 5.97 Å². The monoisotopic (exact) mass is 264 g/mol. The second-order valence-corrected chi connectivity index (χ2v) is 5.21. The summed E-state index contributed by atoms with van der Waals surface area (Å²) >= 11 is 0. The van der Waals surface area contributed by atoms with Crippen LogP contribution in [0.4, 0.5) is 0 Å². The van der Waals surface area contributed by atoms with Crippen LogP contribution < -0.4 is 5.32 Å². The van der Waals surface area contributed by atoms with E-state index < -0.39 is 11.9 Å². The van der Waals surface area contributed by atoms with E-state index in [9.17, 15) is 14.7 Å². The first-order valence-electron chi connectivity index (χ1n) is 6.76. The lowest BCUT2D eigenvalue weighted by Gasteiger charge is -2.22. The summed E-state index contributed by atoms with van der Waals surface area (Å²) in [5.74, 6) is -1.46. The predicted octanol–water partition coefficient (Wildman–Crippen LogP) is 2.09. The van der Waals surface area contributed by atoms with E-state index >= 15 is 0 Å². The van der Waals surface area contributed by atoms with Crippen LogP contribution in [0.15, 0.2) is 12.4 Å². The van der Waals surface area contributed by atoms with Gasteiger partial charge in [-0.05, 0) is 25.3 Å². The molecule has 1 aromatic heterocycles. The van der Waals surface area contributed by atoms with Gasteiger partial charge < -0.3 is 15.4 Å². The number of carboxylic acids is 1. The third-order valence-corrected chi connectivity index (χ3v) is 3.85. The number of aromatic amines is 1. The van der Waals surface area contributed by atoms with Crippen LogP contribution in [-0.2, 0) is 4.79 Å². The van der Waals surface area contributed by atoms with Crippen molar-refractivity contribution in [3.8, 4) is 0 Å². The number of amides is 1. The fourth-order valence-corrected chi connectivity index (χ4v) is 2.71. The normalized spacial score (nSPS) is 23.6. The smallest absolute Gasteiger partial charge is 0.308 e. The van der Waals surface area contributed by atoms with Crippen molar-refractivity contribution in [1.29, 1.82) is 0 Å². The van der Waals surface area contributed by atoms with Gasteiger partial charge in [0, 0.05) is 18.4 Å². The van der Waals surface area contributed by atoms with E-state index in [0.717, 1.165) is 31.2 Å². The van der Waals surface area contributed by atoms with Gasteiger partial charge in [0.2, 0.25) is 0 Å². The Hall–Kier alpha value is -1.78. The van der Waals surface area contributed by atoms with E-state index in [-0.39, 0.29) is 11.9 Å². The summed E-state index contributed by atoms with van der Waals surface area (Å²) in [6, 6.07) is -0.262. The molecule has 19 heavy (non-hydrogen) atoms. The molecule has 1 saturated carbocycles. The molecule has 0 spiro atoms. The van der Waals surface area contributed by atoms with Crippen LogP contribution >= 0.6 is 0 Å². The maximum Gasteiger partial charge on any atom is 0.308 e. The first-order valence-corrected chi connectivity index (χ1v) is 6.76. The lowest BCUT2D eigenvalue weighted by atomic mass is 9.94. The maximum atomic E-state index is 12.2. The molecule has 0 aliphatic heterocycles. The molecule has 5 nitrogen and oxygen atoms in total. The fraction of sp³-hybridized carbons (Fsp3) is 0.571. The minimum Gasteiger partial charge on any atom is -0.481 e. The SMILES string of the molecule is Cc1c[nH]cc1C(=O)N[C@H]1CCCCC[C@H]1C(=O)O. The first kappa shape index (κ1) is 13.6. The summed E-state index contributed by atoms with van der Waals surface area (Å²) in [6.07, 6.45) is 7.74. The molecular formula is C14H20N2O3. The number of H-pyrrole nitrogens is 1. The van der Waals surface area contributed by atoms with Crippen molar-refractivity contribution in [2.75, 3.05) is 0 Å². The summed E-state index contributed by atoms with van der Waals surface area (Å²) in [7, 11) is 0. The van der Waals surface area contributed by atoms with Crippen molar-refractivity contribution in [1.82, 2.24) is 10.3 Å². The van der Waals surface area contributed by atoms with Crippen LogP contribution in [0.2, 0.25) is 0 Å². The van der Waals surface area contributed by atoms with Crippen molar-refractivity contribution >= 4 is 11.9 Å². The molecule has 2 rings (SSSR count). The highest BCUT2D eigenvalue weighted by Crippen LogP contribution is 2.24. The number of nitrogens with one attached hydrogen (secondary N) is 2. The second-order valence-electron chi connectivity index (χ2n) is 5.21. The Labute approximate surface area is 112 Å². The van der Waals surface area contributed by atoms with Gasteiger partial charge in [0.15, 0.2) is 0 Å². The Morgan fingerprint density at radius 2 is 2.00 bits per heavy atom. The number of rotatable bonds is 3. The zero-order valence-electron chi connectivity index (χ0n) is 11.1. The van der Waals surface area contributed by atoms with Crippen molar-refractivity contribution in [2.45, 2.75) is 45.1 Å². The van der Waals surface area contributed by atoms with E-state index in [1.54, 1.807) is 12.4 Å². The lowest BCUT2D eigenvalue weighted by Crippen LogP contribution is -2.42. The van der Waals surface area contributed by atoms with E-state index in [2.05, 4.69) is 10.3 Å². The average Bonchev–Trinajstić information content (AvgIpc) is 2.65. The average molecular weight is 264 g/mol. The maximum absolute atomic E-state index is 12.2. The summed E-state index contributed by atoms with van der Waals surface area (Å²) < 4.78 is 0. The molecule has 1 heterocycles. The molecule has 5 heteroatoms. The Morgan fingerprint density at radius 1 is 1.26 bits per heavy atom. The Balaban J connectivity index is 2.08. The molecule has 2 atom stereocenters. The molecular weight excluding hydrogens is 244 g/mol. The third-order valence-electron chi connectivity index (χ3n) is 3.85. The Kier molecular flexibility index (Phi) is 4.24. The third kappa shape index (κ3) is 3.16. The highest BCUT2D eigenvalue weighted by atomic mass is 16.4. The summed E-state index contributed by atoms with van der Waals surface area (Å²) in [6.45, 7) is 1.85. The molecule has 1 aliphatic rings. The van der Waals surface area contributed by atoms with Crippen LogP contribution in [0, 0.1) is 12.8 Å². The molecule has 0 unspecified atom stereocenters. The summed E-state index contributed by atoms with van der Waals surface area (Å²) in [5, 5.41) is 12.2. The number of carbonyl (C=O) groups excluding carboxylic acids is 1. The highest BCUT2D eigenvalue weighted by Gasteiger charge is 2.31. The molecule has 0 aromatic carbocycles. The van der Waals surface area contributed by atoms with E-state index in [1.807, 2.05) is 6.92 Å². The van der Waals surface area contributed by atoms with E-state index in [4.69, 9.17) is 0 Å². The van der Waals surface area contributed by atoms with Gasteiger partial charge in [0.25, 0.3) is 5.91 Å². The topological polar surface area (TPSA) is 82.2 Å². The minimum atomic E-state index is -0.807. The summed E-state index contributed by atoms with van der Waals surface area (Å²) in [4.78, 5) is 26.3.